The van der Waals surface area contributed by atoms with Crippen molar-refractivity contribution in [3.8, 4) is 0 Å². The minimum Gasteiger partial charge on any atom is -0.385 e. The molecule has 0 saturated heterocycles. The molecule has 2 rings (SSSR count). The summed E-state index contributed by atoms with van der Waals surface area (Å²) >= 11 is 5.81. The molecule has 0 unspecified atom stereocenters. The largest absolute Gasteiger partial charge is 0.385 e. The van der Waals surface area contributed by atoms with Crippen molar-refractivity contribution < 1.29 is 9.53 Å². The number of methoxy groups -OCH3 is 1. The fourth-order valence-corrected chi connectivity index (χ4v) is 2.32. The number of amides is 1. The fourth-order valence-electron chi connectivity index (χ4n) is 2.12. The van der Waals surface area contributed by atoms with E-state index in [1.807, 2.05) is 11.5 Å². The van der Waals surface area contributed by atoms with Gasteiger partial charge in [0.05, 0.1) is 5.69 Å². The molecule has 0 bridgehead atoms. The Hall–Kier alpha value is -1.20. The highest BCUT2D eigenvalue weighted by atomic mass is 35.5. The summed E-state index contributed by atoms with van der Waals surface area (Å²) in [5, 5.41) is 0.316. The van der Waals surface area contributed by atoms with Crippen LogP contribution in [-0.4, -0.2) is 34.3 Å². The number of imidazole rings is 1. The third-order valence-corrected chi connectivity index (χ3v) is 3.17. The van der Waals surface area contributed by atoms with Crippen molar-refractivity contribution in [3.05, 3.63) is 17.2 Å². The monoisotopic (exact) mass is 269 g/mol. The van der Waals surface area contributed by atoms with E-state index in [2.05, 4.69) is 9.98 Å². The van der Waals surface area contributed by atoms with Crippen molar-refractivity contribution in [3.63, 3.8) is 0 Å². The maximum Gasteiger partial charge on any atom is 0.296 e. The number of fused-ring (bicyclic) bond motifs is 1. The van der Waals surface area contributed by atoms with Gasteiger partial charge in [-0.15, -0.1) is 0 Å². The quantitative estimate of drug-likeness (QED) is 0.768. The number of nitrogens with zero attached hydrogens (tertiary/aromatic N) is 3. The standard InChI is InChI=1S/C12H16ClN3O2/c1-8-14-9-7-10(13)15-12(17)11(9)16(8)5-3-4-6-18-2/h3-7H2,1-2H3. The number of halogens is 1. The molecule has 1 aromatic heterocycles. The Labute approximate surface area is 111 Å². The lowest BCUT2D eigenvalue weighted by Crippen LogP contribution is -2.17. The Balaban J connectivity index is 2.16. The van der Waals surface area contributed by atoms with Gasteiger partial charge in [-0.05, 0) is 19.8 Å². The molecule has 0 spiro atoms. The number of aromatic nitrogens is 2. The van der Waals surface area contributed by atoms with Crippen molar-refractivity contribution >= 4 is 22.7 Å². The first kappa shape index (κ1) is 13.2. The lowest BCUT2D eigenvalue weighted by atomic mass is 10.2. The number of aliphatic imine (C=N–C) groups is 1. The van der Waals surface area contributed by atoms with Gasteiger partial charge in [0, 0.05) is 26.7 Å². The highest BCUT2D eigenvalue weighted by Crippen LogP contribution is 2.20. The number of aryl methyl sites for hydroxylation is 1. The van der Waals surface area contributed by atoms with E-state index in [9.17, 15) is 4.79 Å². The van der Waals surface area contributed by atoms with Crippen LogP contribution in [0.15, 0.2) is 4.99 Å². The Bertz CT molecular complexity index is 494. The van der Waals surface area contributed by atoms with Crippen molar-refractivity contribution in [1.29, 1.82) is 0 Å². The molecule has 18 heavy (non-hydrogen) atoms. The lowest BCUT2D eigenvalue weighted by molar-refractivity contribution is 0.0991. The van der Waals surface area contributed by atoms with E-state index in [0.29, 0.717) is 17.3 Å². The van der Waals surface area contributed by atoms with Crippen LogP contribution in [0.5, 0.6) is 0 Å². The summed E-state index contributed by atoms with van der Waals surface area (Å²) in [7, 11) is 1.69. The topological polar surface area (TPSA) is 56.5 Å². The molecule has 98 valence electrons. The number of rotatable bonds is 5. The number of hydrogen-bond acceptors (Lipinski definition) is 3. The maximum absolute atomic E-state index is 11.9. The predicted molar refractivity (Wildman–Crippen MR) is 69.4 cm³/mol. The molecule has 0 aliphatic carbocycles. The molecule has 2 heterocycles. The van der Waals surface area contributed by atoms with E-state index >= 15 is 0 Å². The molecule has 5 nitrogen and oxygen atoms in total. The van der Waals surface area contributed by atoms with E-state index in [0.717, 1.165) is 37.5 Å². The van der Waals surface area contributed by atoms with Crippen LogP contribution in [0.3, 0.4) is 0 Å². The number of ether oxygens (including phenoxy) is 1. The van der Waals surface area contributed by atoms with Crippen LogP contribution in [0, 0.1) is 6.92 Å². The molecule has 1 amide bonds. The Kier molecular flexibility index (Phi) is 4.14. The van der Waals surface area contributed by atoms with Crippen molar-refractivity contribution in [1.82, 2.24) is 9.55 Å². The smallest absolute Gasteiger partial charge is 0.296 e. The molecular weight excluding hydrogens is 254 g/mol. The summed E-state index contributed by atoms with van der Waals surface area (Å²) in [5.41, 5.74) is 1.33. The summed E-state index contributed by atoms with van der Waals surface area (Å²) in [6, 6.07) is 0. The van der Waals surface area contributed by atoms with E-state index in [1.54, 1.807) is 7.11 Å². The summed E-state index contributed by atoms with van der Waals surface area (Å²) < 4.78 is 6.94. The minimum absolute atomic E-state index is 0.284. The number of hydrogen-bond donors (Lipinski definition) is 0. The van der Waals surface area contributed by atoms with E-state index in [1.165, 1.54) is 0 Å². The molecule has 6 heteroatoms. The molecule has 1 aliphatic heterocycles. The van der Waals surface area contributed by atoms with Gasteiger partial charge in [-0.25, -0.2) is 4.98 Å². The first-order chi connectivity index (χ1) is 8.63. The molecule has 0 N–H and O–H groups in total. The van der Waals surface area contributed by atoms with Gasteiger partial charge in [0.2, 0.25) is 0 Å². The van der Waals surface area contributed by atoms with E-state index < -0.39 is 0 Å². The van der Waals surface area contributed by atoms with E-state index in [-0.39, 0.29) is 5.91 Å². The van der Waals surface area contributed by atoms with Crippen LogP contribution in [0.25, 0.3) is 0 Å². The third kappa shape index (κ3) is 2.62. The Morgan fingerprint density at radius 1 is 1.44 bits per heavy atom. The average Bonchev–Trinajstić information content (AvgIpc) is 2.61. The summed E-state index contributed by atoms with van der Waals surface area (Å²) in [5.74, 6) is 0.556. The first-order valence-corrected chi connectivity index (χ1v) is 6.33. The fraction of sp³-hybridized carbons (Fsp3) is 0.583. The van der Waals surface area contributed by atoms with Crippen LogP contribution in [0.4, 0.5) is 0 Å². The normalized spacial score (nSPS) is 14.6. The summed E-state index contributed by atoms with van der Waals surface area (Å²) in [4.78, 5) is 20.1. The van der Waals surface area contributed by atoms with Crippen molar-refractivity contribution in [2.24, 2.45) is 4.99 Å². The van der Waals surface area contributed by atoms with E-state index in [4.69, 9.17) is 16.3 Å². The van der Waals surface area contributed by atoms with Gasteiger partial charge < -0.3 is 9.30 Å². The summed E-state index contributed by atoms with van der Waals surface area (Å²) in [6.07, 6.45) is 2.36. The molecule has 0 aromatic carbocycles. The van der Waals surface area contributed by atoms with Gasteiger partial charge in [-0.1, -0.05) is 11.6 Å². The van der Waals surface area contributed by atoms with Crippen LogP contribution in [-0.2, 0) is 17.7 Å². The first-order valence-electron chi connectivity index (χ1n) is 5.96. The zero-order valence-electron chi connectivity index (χ0n) is 10.6. The second kappa shape index (κ2) is 5.63. The minimum atomic E-state index is -0.284. The second-order valence-corrected chi connectivity index (χ2v) is 4.71. The van der Waals surface area contributed by atoms with Gasteiger partial charge in [-0.3, -0.25) is 4.79 Å². The predicted octanol–water partition coefficient (Wildman–Crippen LogP) is 1.95. The SMILES string of the molecule is COCCCCn1c(C)nc2c1C(=O)N=C(Cl)C2. The third-order valence-electron chi connectivity index (χ3n) is 2.95. The number of carbonyl (C=O) groups excluding carboxylic acids is 1. The Morgan fingerprint density at radius 2 is 2.22 bits per heavy atom. The van der Waals surface area contributed by atoms with Gasteiger partial charge in [-0.2, -0.15) is 4.99 Å². The van der Waals surface area contributed by atoms with Crippen LogP contribution in [0.2, 0.25) is 0 Å². The molecule has 0 saturated carbocycles. The molecule has 1 aliphatic rings. The summed E-state index contributed by atoms with van der Waals surface area (Å²) in [6.45, 7) is 3.39. The highest BCUT2D eigenvalue weighted by Gasteiger charge is 2.25. The zero-order chi connectivity index (χ0) is 13.1. The lowest BCUT2D eigenvalue weighted by Gasteiger charge is -2.11. The van der Waals surface area contributed by atoms with Crippen LogP contribution in [0.1, 0.15) is 34.8 Å². The second-order valence-electron chi connectivity index (χ2n) is 4.28. The maximum atomic E-state index is 11.9. The molecule has 0 atom stereocenters. The molecule has 1 aromatic rings. The zero-order valence-corrected chi connectivity index (χ0v) is 11.3. The number of carbonyl (C=O) groups is 1. The Morgan fingerprint density at radius 3 is 2.94 bits per heavy atom. The molecule has 0 fully saturated rings. The van der Waals surface area contributed by atoms with Gasteiger partial charge in [0.15, 0.2) is 0 Å². The average molecular weight is 270 g/mol. The molecular formula is C12H16ClN3O2. The highest BCUT2D eigenvalue weighted by molar-refractivity contribution is 6.66. The van der Waals surface area contributed by atoms with Crippen LogP contribution < -0.4 is 0 Å². The van der Waals surface area contributed by atoms with Crippen molar-refractivity contribution in [2.45, 2.75) is 32.7 Å². The number of unbranched alkanes of at least 4 members (excludes halogenated alkanes) is 1. The van der Waals surface area contributed by atoms with Gasteiger partial charge in [0.1, 0.15) is 16.7 Å². The molecule has 0 radical (unpaired) electrons. The van der Waals surface area contributed by atoms with Crippen LogP contribution >= 0.6 is 11.6 Å². The van der Waals surface area contributed by atoms with Gasteiger partial charge >= 0.3 is 0 Å². The van der Waals surface area contributed by atoms with Gasteiger partial charge in [0.25, 0.3) is 5.91 Å². The van der Waals surface area contributed by atoms with Crippen molar-refractivity contribution in [2.75, 3.05) is 13.7 Å².